The van der Waals surface area contributed by atoms with E-state index in [1.807, 2.05) is 6.07 Å². The minimum absolute atomic E-state index is 0.0269. The van der Waals surface area contributed by atoms with Crippen molar-refractivity contribution in [2.45, 2.75) is 63.6 Å². The lowest BCUT2D eigenvalue weighted by molar-refractivity contribution is -0.143. The van der Waals surface area contributed by atoms with Crippen LogP contribution in [0.2, 0.25) is 0 Å². The maximum Gasteiger partial charge on any atom is 0.305 e. The van der Waals surface area contributed by atoms with E-state index in [1.165, 1.54) is 7.11 Å². The molecule has 2 amide bonds. The van der Waals surface area contributed by atoms with Gasteiger partial charge in [0, 0.05) is 32.0 Å². The highest BCUT2D eigenvalue weighted by atomic mass is 16.5. The molecule has 1 aliphatic heterocycles. The van der Waals surface area contributed by atoms with Crippen LogP contribution in [0.1, 0.15) is 50.7 Å². The SMILES string of the molecule is COC(=O)CCCC(=O)N(CC(=O)N(Cc1ccco1)CC1CCCO1)C1CC1. The van der Waals surface area contributed by atoms with E-state index < -0.39 is 0 Å². The molecular weight excluding hydrogens is 376 g/mol. The monoisotopic (exact) mass is 406 g/mol. The topological polar surface area (TPSA) is 89.3 Å². The van der Waals surface area contributed by atoms with Gasteiger partial charge in [-0.15, -0.1) is 0 Å². The van der Waals surface area contributed by atoms with Gasteiger partial charge in [-0.3, -0.25) is 14.4 Å². The van der Waals surface area contributed by atoms with Crippen molar-refractivity contribution >= 4 is 17.8 Å². The van der Waals surface area contributed by atoms with Crippen molar-refractivity contribution in [3.05, 3.63) is 24.2 Å². The van der Waals surface area contributed by atoms with E-state index in [0.717, 1.165) is 32.3 Å². The molecule has 1 aromatic heterocycles. The van der Waals surface area contributed by atoms with Crippen molar-refractivity contribution in [2.24, 2.45) is 0 Å². The molecule has 8 heteroatoms. The quantitative estimate of drug-likeness (QED) is 0.523. The summed E-state index contributed by atoms with van der Waals surface area (Å²) >= 11 is 0. The van der Waals surface area contributed by atoms with Crippen molar-refractivity contribution in [3.63, 3.8) is 0 Å². The molecule has 2 aliphatic rings. The van der Waals surface area contributed by atoms with Gasteiger partial charge >= 0.3 is 5.97 Å². The Morgan fingerprint density at radius 3 is 2.62 bits per heavy atom. The van der Waals surface area contributed by atoms with E-state index in [1.54, 1.807) is 22.1 Å². The Morgan fingerprint density at radius 1 is 1.17 bits per heavy atom. The van der Waals surface area contributed by atoms with Crippen molar-refractivity contribution in [3.8, 4) is 0 Å². The van der Waals surface area contributed by atoms with Crippen LogP contribution in [0.15, 0.2) is 22.8 Å². The van der Waals surface area contributed by atoms with Crippen molar-refractivity contribution in [1.29, 1.82) is 0 Å². The Labute approximate surface area is 171 Å². The van der Waals surface area contributed by atoms with Crippen molar-refractivity contribution < 1.29 is 28.3 Å². The van der Waals surface area contributed by atoms with E-state index in [4.69, 9.17) is 9.15 Å². The first-order chi connectivity index (χ1) is 14.1. The summed E-state index contributed by atoms with van der Waals surface area (Å²) in [5, 5.41) is 0. The lowest BCUT2D eigenvalue weighted by atomic mass is 10.2. The third kappa shape index (κ3) is 6.59. The van der Waals surface area contributed by atoms with Gasteiger partial charge in [-0.1, -0.05) is 0 Å². The highest BCUT2D eigenvalue weighted by Gasteiger charge is 2.35. The van der Waals surface area contributed by atoms with E-state index in [-0.39, 0.29) is 49.3 Å². The normalized spacial score (nSPS) is 18.4. The van der Waals surface area contributed by atoms with E-state index >= 15 is 0 Å². The number of rotatable bonds is 11. The first kappa shape index (κ1) is 21.4. The maximum absolute atomic E-state index is 13.1. The molecule has 8 nitrogen and oxygen atoms in total. The van der Waals surface area contributed by atoms with Crippen LogP contribution in [0.4, 0.5) is 0 Å². The number of carbonyl (C=O) groups is 3. The van der Waals surface area contributed by atoms with E-state index in [0.29, 0.717) is 25.3 Å². The number of methoxy groups -OCH3 is 1. The van der Waals surface area contributed by atoms with Crippen LogP contribution >= 0.6 is 0 Å². The molecule has 160 valence electrons. The number of hydrogen-bond donors (Lipinski definition) is 0. The highest BCUT2D eigenvalue weighted by molar-refractivity contribution is 5.85. The molecule has 0 aromatic carbocycles. The molecule has 0 bridgehead atoms. The molecule has 1 saturated carbocycles. The number of carbonyl (C=O) groups excluding carboxylic acids is 3. The maximum atomic E-state index is 13.1. The number of amides is 2. The molecule has 2 fully saturated rings. The summed E-state index contributed by atoms with van der Waals surface area (Å²) in [6.45, 7) is 1.63. The van der Waals surface area contributed by atoms with E-state index in [9.17, 15) is 14.4 Å². The van der Waals surface area contributed by atoms with Gasteiger partial charge in [0.25, 0.3) is 0 Å². The summed E-state index contributed by atoms with van der Waals surface area (Å²) in [5.74, 6) is 0.191. The lowest BCUT2D eigenvalue weighted by Gasteiger charge is -2.29. The number of nitrogens with zero attached hydrogens (tertiary/aromatic N) is 2. The summed E-state index contributed by atoms with van der Waals surface area (Å²) in [6, 6.07) is 3.76. The third-order valence-electron chi connectivity index (χ3n) is 5.34. The zero-order chi connectivity index (χ0) is 20.6. The zero-order valence-corrected chi connectivity index (χ0v) is 17.0. The smallest absolute Gasteiger partial charge is 0.305 e. The van der Waals surface area contributed by atoms with Crippen LogP contribution in [0.3, 0.4) is 0 Å². The van der Waals surface area contributed by atoms with Gasteiger partial charge in [-0.2, -0.15) is 0 Å². The van der Waals surface area contributed by atoms with Gasteiger partial charge in [-0.05, 0) is 44.2 Å². The molecule has 2 heterocycles. The molecule has 0 N–H and O–H groups in total. The summed E-state index contributed by atoms with van der Waals surface area (Å²) < 4.78 is 15.7. The summed E-state index contributed by atoms with van der Waals surface area (Å²) in [4.78, 5) is 40.4. The Morgan fingerprint density at radius 2 is 2.00 bits per heavy atom. The Balaban J connectivity index is 1.58. The molecular formula is C21H30N2O6. The molecule has 3 rings (SSSR count). The predicted molar refractivity (Wildman–Crippen MR) is 104 cm³/mol. The van der Waals surface area contributed by atoms with Gasteiger partial charge in [0.15, 0.2) is 0 Å². The first-order valence-corrected chi connectivity index (χ1v) is 10.3. The molecule has 1 aliphatic carbocycles. The molecule has 1 atom stereocenters. The van der Waals surface area contributed by atoms with Gasteiger partial charge in [-0.25, -0.2) is 0 Å². The molecule has 0 radical (unpaired) electrons. The van der Waals surface area contributed by atoms with Crippen LogP contribution in [0.25, 0.3) is 0 Å². The Bertz CT molecular complexity index is 679. The molecule has 29 heavy (non-hydrogen) atoms. The first-order valence-electron chi connectivity index (χ1n) is 10.3. The number of hydrogen-bond acceptors (Lipinski definition) is 6. The average molecular weight is 406 g/mol. The van der Waals surface area contributed by atoms with Crippen molar-refractivity contribution in [2.75, 3.05) is 26.8 Å². The highest BCUT2D eigenvalue weighted by Crippen LogP contribution is 2.28. The summed E-state index contributed by atoms with van der Waals surface area (Å²) in [6.07, 6.45) is 6.25. The Hall–Kier alpha value is -2.35. The fraction of sp³-hybridized carbons (Fsp3) is 0.667. The average Bonchev–Trinajstić information content (AvgIpc) is 3.17. The minimum atomic E-state index is -0.326. The molecule has 1 unspecified atom stereocenters. The van der Waals surface area contributed by atoms with Crippen LogP contribution < -0.4 is 0 Å². The minimum Gasteiger partial charge on any atom is -0.469 e. The fourth-order valence-electron chi connectivity index (χ4n) is 3.56. The van der Waals surface area contributed by atoms with E-state index in [2.05, 4.69) is 4.74 Å². The largest absolute Gasteiger partial charge is 0.469 e. The molecule has 1 aromatic rings. The summed E-state index contributed by atoms with van der Waals surface area (Å²) in [7, 11) is 1.33. The Kier molecular flexibility index (Phi) is 7.69. The van der Waals surface area contributed by atoms with Crippen molar-refractivity contribution in [1.82, 2.24) is 9.80 Å². The molecule has 0 spiro atoms. The van der Waals surface area contributed by atoms with Gasteiger partial charge < -0.3 is 23.7 Å². The summed E-state index contributed by atoms with van der Waals surface area (Å²) in [5.41, 5.74) is 0. The second-order valence-corrected chi connectivity index (χ2v) is 7.67. The zero-order valence-electron chi connectivity index (χ0n) is 17.0. The fourth-order valence-corrected chi connectivity index (χ4v) is 3.56. The second-order valence-electron chi connectivity index (χ2n) is 7.67. The number of furan rings is 1. The second kappa shape index (κ2) is 10.4. The van der Waals surface area contributed by atoms with Gasteiger partial charge in [0.05, 0.1) is 26.0 Å². The van der Waals surface area contributed by atoms with Crippen LogP contribution in [-0.4, -0.2) is 66.5 Å². The van der Waals surface area contributed by atoms with Crippen LogP contribution in [-0.2, 0) is 30.4 Å². The standard InChI is InChI=1S/C21H30N2O6/c1-27-21(26)8-2-7-19(24)23(16-9-10-16)15-20(25)22(13-17-5-3-11-28-17)14-18-6-4-12-29-18/h3,5,11,16,18H,2,4,6-10,12-15H2,1H3. The molecule has 1 saturated heterocycles. The van der Waals surface area contributed by atoms with Crippen LogP contribution in [0.5, 0.6) is 0 Å². The van der Waals surface area contributed by atoms with Crippen LogP contribution in [0, 0.1) is 0 Å². The third-order valence-corrected chi connectivity index (χ3v) is 5.34. The lowest BCUT2D eigenvalue weighted by Crippen LogP contribution is -2.45. The van der Waals surface area contributed by atoms with Gasteiger partial charge in [0.1, 0.15) is 12.3 Å². The number of ether oxygens (including phenoxy) is 2. The number of esters is 1. The van der Waals surface area contributed by atoms with Gasteiger partial charge in [0.2, 0.25) is 11.8 Å². The predicted octanol–water partition coefficient (Wildman–Crippen LogP) is 2.12.